The molecule has 0 radical (unpaired) electrons. The highest BCUT2D eigenvalue weighted by molar-refractivity contribution is 7.07. The van der Waals surface area contributed by atoms with Crippen LogP contribution in [0.4, 0.5) is 0 Å². The molecule has 1 heterocycles. The predicted octanol–water partition coefficient (Wildman–Crippen LogP) is 0.932. The highest BCUT2D eigenvalue weighted by Crippen LogP contribution is 2.30. The molecule has 0 aliphatic heterocycles. The van der Waals surface area contributed by atoms with Gasteiger partial charge in [-0.05, 0) is 12.8 Å². The summed E-state index contributed by atoms with van der Waals surface area (Å²) < 4.78 is 0. The molecular formula is C10H14N4O2S. The molecule has 0 spiro atoms. The maximum Gasteiger partial charge on any atom is 0.271 e. The smallest absolute Gasteiger partial charge is 0.271 e. The number of oxime groups is 1. The average molecular weight is 254 g/mol. The van der Waals surface area contributed by atoms with Gasteiger partial charge in [-0.1, -0.05) is 18.0 Å². The topological polar surface area (TPSA) is 101 Å². The minimum absolute atomic E-state index is 0.0681. The minimum Gasteiger partial charge on any atom is -0.409 e. The third kappa shape index (κ3) is 2.23. The summed E-state index contributed by atoms with van der Waals surface area (Å²) in [6.45, 7) is 0. The number of amides is 1. The number of nitrogens with two attached hydrogens (primary N) is 1. The van der Waals surface area contributed by atoms with E-state index >= 15 is 0 Å². The molecule has 7 heteroatoms. The first-order valence-electron chi connectivity index (χ1n) is 5.37. The number of hydrogen-bond donors (Lipinski definition) is 3. The summed E-state index contributed by atoms with van der Waals surface area (Å²) >= 11 is 1.36. The van der Waals surface area contributed by atoms with Crippen molar-refractivity contribution in [3.63, 3.8) is 0 Å². The van der Waals surface area contributed by atoms with Crippen molar-refractivity contribution < 1.29 is 10.0 Å². The highest BCUT2D eigenvalue weighted by atomic mass is 32.1. The second kappa shape index (κ2) is 4.70. The van der Waals surface area contributed by atoms with Gasteiger partial charge in [-0.2, -0.15) is 0 Å². The summed E-state index contributed by atoms with van der Waals surface area (Å²) in [5.74, 6) is -0.210. The summed E-state index contributed by atoms with van der Waals surface area (Å²) in [5.41, 5.74) is 6.93. The zero-order valence-corrected chi connectivity index (χ0v) is 10.0. The van der Waals surface area contributed by atoms with Gasteiger partial charge >= 0.3 is 0 Å². The Bertz CT molecular complexity index is 424. The van der Waals surface area contributed by atoms with Crippen LogP contribution in [0.2, 0.25) is 0 Å². The van der Waals surface area contributed by atoms with Gasteiger partial charge in [0, 0.05) is 5.38 Å². The number of hydrogen-bond acceptors (Lipinski definition) is 5. The number of nitrogens with one attached hydrogen (secondary N) is 1. The maximum absolute atomic E-state index is 11.9. The van der Waals surface area contributed by atoms with Gasteiger partial charge in [-0.15, -0.1) is 11.3 Å². The van der Waals surface area contributed by atoms with Crippen LogP contribution in [0.1, 0.15) is 36.2 Å². The van der Waals surface area contributed by atoms with Gasteiger partial charge in [-0.25, -0.2) is 4.98 Å². The van der Waals surface area contributed by atoms with Crippen LogP contribution < -0.4 is 11.1 Å². The molecule has 1 aliphatic carbocycles. The lowest BCUT2D eigenvalue weighted by Gasteiger charge is -2.28. The Morgan fingerprint density at radius 3 is 2.82 bits per heavy atom. The molecule has 0 unspecified atom stereocenters. The van der Waals surface area contributed by atoms with Gasteiger partial charge in [0.15, 0.2) is 5.84 Å². The van der Waals surface area contributed by atoms with Crippen molar-refractivity contribution in [3.8, 4) is 0 Å². The molecule has 92 valence electrons. The molecule has 2 rings (SSSR count). The van der Waals surface area contributed by atoms with Crippen molar-refractivity contribution in [2.75, 3.05) is 0 Å². The minimum atomic E-state index is -0.713. The quantitative estimate of drug-likeness (QED) is 0.323. The van der Waals surface area contributed by atoms with Gasteiger partial charge < -0.3 is 16.3 Å². The van der Waals surface area contributed by atoms with E-state index in [9.17, 15) is 4.79 Å². The van der Waals surface area contributed by atoms with Crippen LogP contribution in [0.3, 0.4) is 0 Å². The second-order valence-electron chi connectivity index (χ2n) is 4.10. The highest BCUT2D eigenvalue weighted by Gasteiger charge is 2.40. The molecule has 0 atom stereocenters. The molecule has 17 heavy (non-hydrogen) atoms. The van der Waals surface area contributed by atoms with E-state index in [-0.39, 0.29) is 11.7 Å². The Hall–Kier alpha value is -1.63. The van der Waals surface area contributed by atoms with Crippen molar-refractivity contribution in [1.82, 2.24) is 10.3 Å². The zero-order valence-electron chi connectivity index (χ0n) is 9.22. The lowest BCUT2D eigenvalue weighted by molar-refractivity contribution is 0.0918. The van der Waals surface area contributed by atoms with E-state index in [2.05, 4.69) is 15.5 Å². The Morgan fingerprint density at radius 1 is 1.59 bits per heavy atom. The van der Waals surface area contributed by atoms with Crippen molar-refractivity contribution in [2.45, 2.75) is 31.2 Å². The first-order valence-corrected chi connectivity index (χ1v) is 6.31. The fraction of sp³-hybridized carbons (Fsp3) is 0.500. The number of carbonyl (C=O) groups is 1. The Kier molecular flexibility index (Phi) is 3.28. The normalized spacial score (nSPS) is 19.2. The van der Waals surface area contributed by atoms with E-state index < -0.39 is 5.54 Å². The molecule has 1 aliphatic rings. The summed E-state index contributed by atoms with van der Waals surface area (Å²) in [6, 6.07) is 0. The number of nitrogens with zero attached hydrogens (tertiary/aromatic N) is 2. The van der Waals surface area contributed by atoms with Gasteiger partial charge in [-0.3, -0.25) is 4.79 Å². The lowest BCUT2D eigenvalue weighted by Crippen LogP contribution is -2.55. The van der Waals surface area contributed by atoms with Crippen molar-refractivity contribution in [1.29, 1.82) is 0 Å². The van der Waals surface area contributed by atoms with E-state index in [0.717, 1.165) is 12.8 Å². The van der Waals surface area contributed by atoms with Crippen LogP contribution in [0, 0.1) is 0 Å². The zero-order chi connectivity index (χ0) is 12.3. The van der Waals surface area contributed by atoms with E-state index in [4.69, 9.17) is 10.9 Å². The Morgan fingerprint density at radius 2 is 2.29 bits per heavy atom. The molecule has 0 aromatic carbocycles. The van der Waals surface area contributed by atoms with Crippen LogP contribution >= 0.6 is 11.3 Å². The number of aromatic nitrogens is 1. The molecule has 1 aromatic rings. The fourth-order valence-electron chi connectivity index (χ4n) is 2.13. The maximum atomic E-state index is 11.9. The summed E-state index contributed by atoms with van der Waals surface area (Å²) in [5, 5.41) is 16.3. The third-order valence-corrected chi connectivity index (χ3v) is 3.66. The van der Waals surface area contributed by atoms with Crippen LogP contribution in [-0.4, -0.2) is 27.5 Å². The molecule has 1 amide bonds. The van der Waals surface area contributed by atoms with E-state index in [1.165, 1.54) is 11.3 Å². The van der Waals surface area contributed by atoms with Crippen LogP contribution in [0.15, 0.2) is 16.0 Å². The van der Waals surface area contributed by atoms with Crippen molar-refractivity contribution in [2.24, 2.45) is 10.9 Å². The first kappa shape index (κ1) is 11.8. The van der Waals surface area contributed by atoms with Crippen molar-refractivity contribution in [3.05, 3.63) is 16.6 Å². The Labute approximate surface area is 103 Å². The lowest BCUT2D eigenvalue weighted by atomic mass is 9.96. The number of amidine groups is 1. The number of thiazole rings is 1. The van der Waals surface area contributed by atoms with Gasteiger partial charge in [0.05, 0.1) is 5.51 Å². The van der Waals surface area contributed by atoms with Crippen LogP contribution in [0.5, 0.6) is 0 Å². The average Bonchev–Trinajstić information content (AvgIpc) is 2.99. The molecule has 1 aromatic heterocycles. The summed E-state index contributed by atoms with van der Waals surface area (Å²) in [4.78, 5) is 15.9. The molecule has 1 fully saturated rings. The second-order valence-corrected chi connectivity index (χ2v) is 4.82. The van der Waals surface area contributed by atoms with E-state index in [1.807, 2.05) is 0 Å². The standard InChI is InChI=1S/C10H14N4O2S/c11-9(14-16)10(3-1-2-4-10)13-8(15)7-5-17-6-12-7/h5-6,16H,1-4H2,(H2,11,14)(H,13,15). The monoisotopic (exact) mass is 254 g/mol. The molecule has 6 nitrogen and oxygen atoms in total. The van der Waals surface area contributed by atoms with Crippen LogP contribution in [-0.2, 0) is 0 Å². The number of carbonyl (C=O) groups excluding carboxylic acids is 1. The molecule has 4 N–H and O–H groups in total. The van der Waals surface area contributed by atoms with Crippen LogP contribution in [0.25, 0.3) is 0 Å². The molecule has 0 bridgehead atoms. The van der Waals surface area contributed by atoms with Gasteiger partial charge in [0.1, 0.15) is 11.2 Å². The fourth-order valence-corrected chi connectivity index (χ4v) is 2.66. The summed E-state index contributed by atoms with van der Waals surface area (Å²) in [6.07, 6.45) is 3.29. The molecule has 1 saturated carbocycles. The van der Waals surface area contributed by atoms with Crippen molar-refractivity contribution >= 4 is 23.1 Å². The van der Waals surface area contributed by atoms with E-state index in [0.29, 0.717) is 18.5 Å². The van der Waals surface area contributed by atoms with Gasteiger partial charge in [0.25, 0.3) is 5.91 Å². The van der Waals surface area contributed by atoms with Gasteiger partial charge in [0.2, 0.25) is 0 Å². The largest absolute Gasteiger partial charge is 0.409 e. The molecular weight excluding hydrogens is 240 g/mol. The first-order chi connectivity index (χ1) is 8.18. The number of rotatable bonds is 3. The predicted molar refractivity (Wildman–Crippen MR) is 64.2 cm³/mol. The Balaban J connectivity index is 2.17. The SMILES string of the molecule is NC(=NO)C1(NC(=O)c2cscn2)CCCC1. The summed E-state index contributed by atoms with van der Waals surface area (Å²) in [7, 11) is 0. The molecule has 0 saturated heterocycles. The third-order valence-electron chi connectivity index (χ3n) is 3.07. The van der Waals surface area contributed by atoms with E-state index in [1.54, 1.807) is 10.9 Å².